The van der Waals surface area contributed by atoms with Crippen molar-refractivity contribution in [1.29, 1.82) is 0 Å². The Bertz CT molecular complexity index is 1730. The molecular formula is C28H20FN7O2. The van der Waals surface area contributed by atoms with Crippen LogP contribution in [0.2, 0.25) is 0 Å². The van der Waals surface area contributed by atoms with Gasteiger partial charge in [-0.2, -0.15) is 5.10 Å². The molecule has 1 aliphatic heterocycles. The van der Waals surface area contributed by atoms with Gasteiger partial charge in [-0.05, 0) is 37.3 Å². The summed E-state index contributed by atoms with van der Waals surface area (Å²) in [6.45, 7) is 1.80. The molecule has 0 unspecified atom stereocenters. The zero-order valence-electron chi connectivity index (χ0n) is 20.1. The Kier molecular flexibility index (Phi) is 5.68. The fourth-order valence-corrected chi connectivity index (χ4v) is 4.35. The third-order valence-electron chi connectivity index (χ3n) is 6.10. The SMILES string of the molecule is Cc1ccc2nc(-c3cccnc3)c(C(=O)N[C@H]3N=C(c4ccccc4)c4cccc(F)c4NC3=O)n2n1. The number of rotatable bonds is 4. The lowest BCUT2D eigenvalue weighted by Gasteiger charge is -2.14. The lowest BCUT2D eigenvalue weighted by Crippen LogP contribution is -2.43. The van der Waals surface area contributed by atoms with Gasteiger partial charge in [0, 0.05) is 29.1 Å². The standard InChI is InChI=1S/C28H20FN7O2/c1-16-12-13-21-31-23(18-9-6-14-30-15-18)25(36(21)35-16)27(37)34-26-28(38)33-24-19(10-5-11-20(24)29)22(32-26)17-7-3-2-4-8-17/h2-15,26H,1H3,(H,33,38)(H,34,37)/t26-/m1/s1. The van der Waals surface area contributed by atoms with Crippen LogP contribution in [0.25, 0.3) is 16.9 Å². The maximum absolute atomic E-state index is 14.8. The summed E-state index contributed by atoms with van der Waals surface area (Å²) < 4.78 is 16.2. The molecule has 2 amide bonds. The van der Waals surface area contributed by atoms with E-state index in [1.54, 1.807) is 67.8 Å². The van der Waals surface area contributed by atoms with E-state index in [4.69, 9.17) is 0 Å². The number of aromatic nitrogens is 4. The topological polar surface area (TPSA) is 114 Å². The second-order valence-corrected chi connectivity index (χ2v) is 8.67. The van der Waals surface area contributed by atoms with Gasteiger partial charge < -0.3 is 10.6 Å². The number of pyridine rings is 1. The van der Waals surface area contributed by atoms with Crippen molar-refractivity contribution in [2.24, 2.45) is 4.99 Å². The number of carbonyl (C=O) groups is 2. The summed E-state index contributed by atoms with van der Waals surface area (Å²) in [6.07, 6.45) is 1.85. The number of carbonyl (C=O) groups excluding carboxylic acids is 2. The number of para-hydroxylation sites is 1. The van der Waals surface area contributed by atoms with Gasteiger partial charge in [-0.1, -0.05) is 42.5 Å². The monoisotopic (exact) mass is 505 g/mol. The predicted octanol–water partition coefficient (Wildman–Crippen LogP) is 3.78. The molecule has 6 rings (SSSR count). The number of halogens is 1. The van der Waals surface area contributed by atoms with Crippen LogP contribution in [-0.4, -0.2) is 43.3 Å². The van der Waals surface area contributed by atoms with Crippen molar-refractivity contribution >= 4 is 28.9 Å². The number of hydrogen-bond donors (Lipinski definition) is 2. The van der Waals surface area contributed by atoms with Crippen LogP contribution in [0.3, 0.4) is 0 Å². The summed E-state index contributed by atoms with van der Waals surface area (Å²) in [5, 5.41) is 9.76. The van der Waals surface area contributed by atoms with Crippen LogP contribution in [0, 0.1) is 12.7 Å². The van der Waals surface area contributed by atoms with E-state index in [-0.39, 0.29) is 11.4 Å². The Morgan fingerprint density at radius 3 is 2.61 bits per heavy atom. The third kappa shape index (κ3) is 4.07. The van der Waals surface area contributed by atoms with Gasteiger partial charge >= 0.3 is 0 Å². The molecule has 0 saturated heterocycles. The summed E-state index contributed by atoms with van der Waals surface area (Å²) in [4.78, 5) is 40.4. The summed E-state index contributed by atoms with van der Waals surface area (Å²) in [6, 6.07) is 20.6. The average molecular weight is 506 g/mol. The molecule has 9 nitrogen and oxygen atoms in total. The van der Waals surface area contributed by atoms with Crippen molar-refractivity contribution in [2.45, 2.75) is 13.1 Å². The lowest BCUT2D eigenvalue weighted by atomic mass is 10.0. The molecule has 0 spiro atoms. The van der Waals surface area contributed by atoms with Crippen LogP contribution in [0.1, 0.15) is 27.3 Å². The first-order chi connectivity index (χ1) is 18.5. The number of hydrogen-bond acceptors (Lipinski definition) is 6. The molecule has 1 atom stereocenters. The Morgan fingerprint density at radius 2 is 1.82 bits per heavy atom. The number of imidazole rings is 1. The van der Waals surface area contributed by atoms with Gasteiger partial charge in [0.05, 0.1) is 17.1 Å². The highest BCUT2D eigenvalue weighted by Crippen LogP contribution is 2.27. The molecule has 2 aromatic carbocycles. The van der Waals surface area contributed by atoms with Gasteiger partial charge in [-0.15, -0.1) is 0 Å². The maximum Gasteiger partial charge on any atom is 0.274 e. The van der Waals surface area contributed by atoms with E-state index in [9.17, 15) is 14.0 Å². The number of aryl methyl sites for hydroxylation is 1. The Morgan fingerprint density at radius 1 is 1.00 bits per heavy atom. The van der Waals surface area contributed by atoms with Crippen LogP contribution >= 0.6 is 0 Å². The second kappa shape index (κ2) is 9.32. The molecule has 0 fully saturated rings. The molecule has 0 bridgehead atoms. The van der Waals surface area contributed by atoms with E-state index in [0.717, 1.165) is 0 Å². The van der Waals surface area contributed by atoms with Crippen molar-refractivity contribution in [2.75, 3.05) is 5.32 Å². The molecule has 0 saturated carbocycles. The van der Waals surface area contributed by atoms with E-state index >= 15 is 0 Å². The summed E-state index contributed by atoms with van der Waals surface area (Å²) in [5.74, 6) is -1.92. The van der Waals surface area contributed by atoms with Gasteiger partial charge in [-0.3, -0.25) is 14.6 Å². The van der Waals surface area contributed by atoms with Crippen molar-refractivity contribution < 1.29 is 14.0 Å². The van der Waals surface area contributed by atoms with E-state index in [1.807, 2.05) is 18.2 Å². The van der Waals surface area contributed by atoms with Gasteiger partial charge in [0.1, 0.15) is 11.5 Å². The maximum atomic E-state index is 14.8. The molecule has 38 heavy (non-hydrogen) atoms. The van der Waals surface area contributed by atoms with Crippen molar-refractivity contribution in [3.8, 4) is 11.3 Å². The summed E-state index contributed by atoms with van der Waals surface area (Å²) in [7, 11) is 0. The minimum absolute atomic E-state index is 0.00000459. The van der Waals surface area contributed by atoms with Crippen LogP contribution in [-0.2, 0) is 4.79 Å². The van der Waals surface area contributed by atoms with Crippen molar-refractivity contribution in [1.82, 2.24) is 24.9 Å². The molecule has 4 heterocycles. The van der Waals surface area contributed by atoms with Gasteiger partial charge in [0.15, 0.2) is 11.3 Å². The first kappa shape index (κ1) is 23.2. The third-order valence-corrected chi connectivity index (χ3v) is 6.10. The van der Waals surface area contributed by atoms with E-state index < -0.39 is 23.8 Å². The Labute approximate surface area is 216 Å². The number of benzene rings is 2. The van der Waals surface area contributed by atoms with Gasteiger partial charge in [0.2, 0.25) is 6.17 Å². The smallest absolute Gasteiger partial charge is 0.274 e. The molecule has 5 aromatic rings. The van der Waals surface area contributed by atoms with E-state index in [2.05, 4.69) is 30.7 Å². The quantitative estimate of drug-likeness (QED) is 0.386. The minimum Gasteiger partial charge on any atom is -0.321 e. The number of aliphatic imine (C=N–C) groups is 1. The highest BCUT2D eigenvalue weighted by atomic mass is 19.1. The first-order valence-corrected chi connectivity index (χ1v) is 11.8. The molecule has 186 valence electrons. The molecule has 3 aromatic heterocycles. The number of benzodiazepines with no additional fused rings is 1. The Hall–Kier alpha value is -5.25. The van der Waals surface area contributed by atoms with Crippen LogP contribution in [0.4, 0.5) is 10.1 Å². The number of fused-ring (bicyclic) bond motifs is 2. The Balaban J connectivity index is 1.46. The normalized spacial score (nSPS) is 14.8. The summed E-state index contributed by atoms with van der Waals surface area (Å²) in [5.41, 5.74) is 3.63. The predicted molar refractivity (Wildman–Crippen MR) is 139 cm³/mol. The first-order valence-electron chi connectivity index (χ1n) is 11.8. The van der Waals surface area contributed by atoms with Crippen LogP contribution in [0.15, 0.2) is 90.2 Å². The van der Waals surface area contributed by atoms with Gasteiger partial charge in [-0.25, -0.2) is 18.9 Å². The molecule has 1 aliphatic rings. The van der Waals surface area contributed by atoms with E-state index in [1.165, 1.54) is 10.6 Å². The molecular weight excluding hydrogens is 485 g/mol. The highest BCUT2D eigenvalue weighted by Gasteiger charge is 2.31. The van der Waals surface area contributed by atoms with Gasteiger partial charge in [0.25, 0.3) is 11.8 Å². The molecule has 2 N–H and O–H groups in total. The number of nitrogens with one attached hydrogen (secondary N) is 2. The largest absolute Gasteiger partial charge is 0.321 e. The zero-order chi connectivity index (χ0) is 26.2. The summed E-state index contributed by atoms with van der Waals surface area (Å²) >= 11 is 0. The van der Waals surface area contributed by atoms with Crippen molar-refractivity contribution in [3.63, 3.8) is 0 Å². The van der Waals surface area contributed by atoms with Crippen molar-refractivity contribution in [3.05, 3.63) is 114 Å². The number of anilines is 1. The van der Waals surface area contributed by atoms with Crippen LogP contribution < -0.4 is 10.6 Å². The van der Waals surface area contributed by atoms with Crippen LogP contribution in [0.5, 0.6) is 0 Å². The van der Waals surface area contributed by atoms with E-state index in [0.29, 0.717) is 39.4 Å². The minimum atomic E-state index is -1.36. The number of amides is 2. The fourth-order valence-electron chi connectivity index (χ4n) is 4.35. The molecule has 0 radical (unpaired) electrons. The molecule has 0 aliphatic carbocycles. The lowest BCUT2D eigenvalue weighted by molar-refractivity contribution is -0.117. The fraction of sp³-hybridized carbons (Fsp3) is 0.0714. The average Bonchev–Trinajstić information content (AvgIpc) is 3.25. The zero-order valence-corrected chi connectivity index (χ0v) is 20.1. The second-order valence-electron chi connectivity index (χ2n) is 8.67. The molecule has 10 heteroatoms. The highest BCUT2D eigenvalue weighted by molar-refractivity contribution is 6.20. The number of nitrogens with zero attached hydrogens (tertiary/aromatic N) is 5.